The minimum Gasteiger partial charge on any atom is -0.465 e. The molecule has 0 saturated heterocycles. The van der Waals surface area contributed by atoms with E-state index in [1.807, 2.05) is 13.0 Å². The molecule has 0 bridgehead atoms. The number of ether oxygens (including phenoxy) is 1. The SMILES string of the molecule is C=C(CC)CC(C#N)C(=O)OCC. The number of carbonyl (C=O) groups excluding carboxylic acids is 1. The standard InChI is InChI=1S/C10H15NO2/c1-4-8(3)6-9(7-11)10(12)13-5-2/h9H,3-6H2,1-2H3. The molecule has 0 rings (SSSR count). The molecule has 0 aromatic carbocycles. The fourth-order valence-electron chi connectivity index (χ4n) is 0.858. The third kappa shape index (κ3) is 4.32. The highest BCUT2D eigenvalue weighted by atomic mass is 16.5. The van der Waals surface area contributed by atoms with Crippen LogP contribution in [0, 0.1) is 17.2 Å². The van der Waals surface area contributed by atoms with Crippen LogP contribution < -0.4 is 0 Å². The van der Waals surface area contributed by atoms with Crippen LogP contribution >= 0.6 is 0 Å². The molecule has 0 fully saturated rings. The molecule has 13 heavy (non-hydrogen) atoms. The Hall–Kier alpha value is -1.30. The van der Waals surface area contributed by atoms with E-state index in [0.717, 1.165) is 12.0 Å². The quantitative estimate of drug-likeness (QED) is 0.481. The van der Waals surface area contributed by atoms with Crippen LogP contribution in [0.2, 0.25) is 0 Å². The van der Waals surface area contributed by atoms with Crippen molar-refractivity contribution in [2.45, 2.75) is 26.7 Å². The average molecular weight is 181 g/mol. The van der Waals surface area contributed by atoms with Gasteiger partial charge in [-0.3, -0.25) is 4.79 Å². The minimum absolute atomic E-state index is 0.315. The van der Waals surface area contributed by atoms with Gasteiger partial charge in [-0.05, 0) is 19.8 Å². The van der Waals surface area contributed by atoms with Gasteiger partial charge in [-0.1, -0.05) is 19.1 Å². The summed E-state index contributed by atoms with van der Waals surface area (Å²) in [5.41, 5.74) is 0.902. The van der Waals surface area contributed by atoms with Crippen molar-refractivity contribution in [2.75, 3.05) is 6.61 Å². The fourth-order valence-corrected chi connectivity index (χ4v) is 0.858. The van der Waals surface area contributed by atoms with Gasteiger partial charge >= 0.3 is 5.97 Å². The highest BCUT2D eigenvalue weighted by molar-refractivity contribution is 5.75. The van der Waals surface area contributed by atoms with Crippen molar-refractivity contribution in [1.82, 2.24) is 0 Å². The number of carbonyl (C=O) groups is 1. The van der Waals surface area contributed by atoms with Crippen LogP contribution in [0.15, 0.2) is 12.2 Å². The average Bonchev–Trinajstić information content (AvgIpc) is 2.14. The molecule has 0 saturated carbocycles. The molecule has 3 nitrogen and oxygen atoms in total. The fraction of sp³-hybridized carbons (Fsp3) is 0.600. The molecule has 0 spiro atoms. The molecular weight excluding hydrogens is 166 g/mol. The summed E-state index contributed by atoms with van der Waals surface area (Å²) >= 11 is 0. The zero-order valence-electron chi connectivity index (χ0n) is 8.17. The number of esters is 1. The zero-order chi connectivity index (χ0) is 10.3. The summed E-state index contributed by atoms with van der Waals surface area (Å²) in [4.78, 5) is 11.1. The number of hydrogen-bond acceptors (Lipinski definition) is 3. The van der Waals surface area contributed by atoms with Crippen LogP contribution in [0.5, 0.6) is 0 Å². The second-order valence-electron chi connectivity index (χ2n) is 2.74. The minimum atomic E-state index is -0.688. The molecule has 3 heteroatoms. The van der Waals surface area contributed by atoms with Gasteiger partial charge in [-0.15, -0.1) is 0 Å². The first-order chi connectivity index (χ1) is 6.15. The van der Waals surface area contributed by atoms with Crippen LogP contribution in [-0.2, 0) is 9.53 Å². The van der Waals surface area contributed by atoms with E-state index in [-0.39, 0.29) is 0 Å². The van der Waals surface area contributed by atoms with E-state index in [1.54, 1.807) is 6.92 Å². The van der Waals surface area contributed by atoms with Crippen molar-refractivity contribution in [2.24, 2.45) is 5.92 Å². The first-order valence-electron chi connectivity index (χ1n) is 4.38. The van der Waals surface area contributed by atoms with Crippen LogP contribution in [0.25, 0.3) is 0 Å². The molecule has 1 unspecified atom stereocenters. The van der Waals surface area contributed by atoms with Crippen LogP contribution in [0.1, 0.15) is 26.7 Å². The summed E-state index contributed by atoms with van der Waals surface area (Å²) in [6.45, 7) is 7.73. The third-order valence-corrected chi connectivity index (χ3v) is 1.72. The lowest BCUT2D eigenvalue weighted by molar-refractivity contribution is -0.145. The Bertz CT molecular complexity index is 228. The number of allylic oxidation sites excluding steroid dienone is 1. The van der Waals surface area contributed by atoms with E-state index in [0.29, 0.717) is 13.0 Å². The van der Waals surface area contributed by atoms with Crippen molar-refractivity contribution < 1.29 is 9.53 Å². The highest BCUT2D eigenvalue weighted by Crippen LogP contribution is 2.13. The Balaban J connectivity index is 4.12. The van der Waals surface area contributed by atoms with Crippen molar-refractivity contribution in [1.29, 1.82) is 5.26 Å². The summed E-state index contributed by atoms with van der Waals surface area (Å²) in [6.07, 6.45) is 1.20. The maximum absolute atomic E-state index is 11.1. The van der Waals surface area contributed by atoms with Gasteiger partial charge in [0.25, 0.3) is 0 Å². The number of hydrogen-bond donors (Lipinski definition) is 0. The van der Waals surface area contributed by atoms with E-state index in [2.05, 4.69) is 6.58 Å². The van der Waals surface area contributed by atoms with Crippen molar-refractivity contribution in [3.05, 3.63) is 12.2 Å². The lowest BCUT2D eigenvalue weighted by Crippen LogP contribution is -2.16. The van der Waals surface area contributed by atoms with E-state index in [9.17, 15) is 4.79 Å². The molecule has 1 atom stereocenters. The monoisotopic (exact) mass is 181 g/mol. The number of nitrogens with zero attached hydrogens (tertiary/aromatic N) is 1. The zero-order valence-corrected chi connectivity index (χ0v) is 8.17. The second kappa shape index (κ2) is 6.24. The van der Waals surface area contributed by atoms with Gasteiger partial charge < -0.3 is 4.74 Å². The maximum Gasteiger partial charge on any atom is 0.323 e. The Morgan fingerprint density at radius 2 is 2.23 bits per heavy atom. The van der Waals surface area contributed by atoms with Crippen molar-refractivity contribution in [3.63, 3.8) is 0 Å². The lowest BCUT2D eigenvalue weighted by atomic mass is 10.0. The molecule has 0 N–H and O–H groups in total. The van der Waals surface area contributed by atoms with Gasteiger partial charge in [0.05, 0.1) is 12.7 Å². The molecule has 0 heterocycles. The molecule has 0 aromatic rings. The molecule has 72 valence electrons. The van der Waals surface area contributed by atoms with Crippen molar-refractivity contribution in [3.8, 4) is 6.07 Å². The van der Waals surface area contributed by atoms with Gasteiger partial charge in [0.1, 0.15) is 5.92 Å². The largest absolute Gasteiger partial charge is 0.465 e. The number of rotatable bonds is 5. The van der Waals surface area contributed by atoms with Gasteiger partial charge in [0.2, 0.25) is 0 Å². The smallest absolute Gasteiger partial charge is 0.323 e. The second-order valence-corrected chi connectivity index (χ2v) is 2.74. The number of nitriles is 1. The molecule has 0 aliphatic heterocycles. The molecule has 0 aliphatic carbocycles. The summed E-state index contributed by atoms with van der Waals surface area (Å²) in [5, 5.41) is 8.68. The van der Waals surface area contributed by atoms with Gasteiger partial charge in [-0.25, -0.2) is 0 Å². The summed E-state index contributed by atoms with van der Waals surface area (Å²) < 4.78 is 4.74. The van der Waals surface area contributed by atoms with Crippen LogP contribution in [0.4, 0.5) is 0 Å². The van der Waals surface area contributed by atoms with E-state index < -0.39 is 11.9 Å². The van der Waals surface area contributed by atoms with E-state index in [1.165, 1.54) is 0 Å². The molecule has 0 aromatic heterocycles. The van der Waals surface area contributed by atoms with Crippen molar-refractivity contribution >= 4 is 5.97 Å². The van der Waals surface area contributed by atoms with E-state index >= 15 is 0 Å². The van der Waals surface area contributed by atoms with Gasteiger partial charge in [0, 0.05) is 0 Å². The highest BCUT2D eigenvalue weighted by Gasteiger charge is 2.19. The molecular formula is C10H15NO2. The predicted molar refractivity (Wildman–Crippen MR) is 49.8 cm³/mol. The summed E-state index contributed by atoms with van der Waals surface area (Å²) in [6, 6.07) is 1.92. The molecule has 0 amide bonds. The molecule has 0 radical (unpaired) electrons. The van der Waals surface area contributed by atoms with Crippen LogP contribution in [-0.4, -0.2) is 12.6 Å². The normalized spacial score (nSPS) is 11.5. The first-order valence-corrected chi connectivity index (χ1v) is 4.38. The Labute approximate surface area is 79.0 Å². The Morgan fingerprint density at radius 1 is 1.62 bits per heavy atom. The third-order valence-electron chi connectivity index (χ3n) is 1.72. The topological polar surface area (TPSA) is 50.1 Å². The Morgan fingerprint density at radius 3 is 2.62 bits per heavy atom. The summed E-state index contributed by atoms with van der Waals surface area (Å²) in [5.74, 6) is -1.13. The van der Waals surface area contributed by atoms with Gasteiger partial charge in [-0.2, -0.15) is 5.26 Å². The first kappa shape index (κ1) is 11.7. The Kier molecular flexibility index (Phi) is 5.62. The lowest BCUT2D eigenvalue weighted by Gasteiger charge is -2.08. The maximum atomic E-state index is 11.1. The predicted octanol–water partition coefficient (Wildman–Crippen LogP) is 2.05. The van der Waals surface area contributed by atoms with E-state index in [4.69, 9.17) is 10.00 Å². The molecule has 0 aliphatic rings. The summed E-state index contributed by atoms with van der Waals surface area (Å²) in [7, 11) is 0. The van der Waals surface area contributed by atoms with Gasteiger partial charge in [0.15, 0.2) is 0 Å². The van der Waals surface area contributed by atoms with Crippen LogP contribution in [0.3, 0.4) is 0 Å².